The summed E-state index contributed by atoms with van der Waals surface area (Å²) >= 11 is 0. The van der Waals surface area contributed by atoms with Gasteiger partial charge in [-0.05, 0) is 35.6 Å². The van der Waals surface area contributed by atoms with E-state index in [1.807, 2.05) is 36.5 Å². The molecular formula is C21H25IN4O. The van der Waals surface area contributed by atoms with Crippen molar-refractivity contribution < 1.29 is 4.74 Å². The molecule has 0 aliphatic rings. The van der Waals surface area contributed by atoms with Gasteiger partial charge in [-0.2, -0.15) is 0 Å². The average Bonchev–Trinajstić information content (AvgIpc) is 2.71. The third kappa shape index (κ3) is 5.82. The van der Waals surface area contributed by atoms with E-state index in [0.29, 0.717) is 6.54 Å². The van der Waals surface area contributed by atoms with E-state index in [-0.39, 0.29) is 24.0 Å². The number of fused-ring (bicyclic) bond motifs is 1. The van der Waals surface area contributed by atoms with Crippen LogP contribution < -0.4 is 15.4 Å². The third-order valence-electron chi connectivity index (χ3n) is 4.27. The number of methoxy groups -OCH3 is 1. The fourth-order valence-electron chi connectivity index (χ4n) is 2.83. The van der Waals surface area contributed by atoms with Crippen LogP contribution in [0.1, 0.15) is 11.3 Å². The van der Waals surface area contributed by atoms with Gasteiger partial charge in [0.2, 0.25) is 0 Å². The first-order valence-electron chi connectivity index (χ1n) is 8.70. The molecule has 5 nitrogen and oxygen atoms in total. The lowest BCUT2D eigenvalue weighted by molar-refractivity contribution is 0.414. The number of nitrogens with one attached hydrogen (secondary N) is 2. The molecule has 0 atom stereocenters. The summed E-state index contributed by atoms with van der Waals surface area (Å²) < 4.78 is 5.18. The molecule has 0 unspecified atom stereocenters. The van der Waals surface area contributed by atoms with Gasteiger partial charge in [-0.1, -0.05) is 36.4 Å². The van der Waals surface area contributed by atoms with E-state index in [0.717, 1.165) is 35.8 Å². The van der Waals surface area contributed by atoms with Crippen molar-refractivity contribution in [1.29, 1.82) is 0 Å². The van der Waals surface area contributed by atoms with Crippen LogP contribution in [0.4, 0.5) is 0 Å². The molecule has 0 bridgehead atoms. The highest BCUT2D eigenvalue weighted by Crippen LogP contribution is 2.16. The zero-order valence-electron chi connectivity index (χ0n) is 15.6. The smallest absolute Gasteiger partial charge is 0.191 e. The Kier molecular flexibility index (Phi) is 8.32. The van der Waals surface area contributed by atoms with Crippen molar-refractivity contribution in [1.82, 2.24) is 15.6 Å². The lowest BCUT2D eigenvalue weighted by Crippen LogP contribution is -2.38. The Morgan fingerprint density at radius 2 is 1.81 bits per heavy atom. The Hall–Kier alpha value is -2.35. The fraction of sp³-hybridized carbons (Fsp3) is 0.238. The van der Waals surface area contributed by atoms with E-state index in [1.165, 1.54) is 10.9 Å². The lowest BCUT2D eigenvalue weighted by atomic mass is 10.1. The molecule has 0 spiro atoms. The minimum absolute atomic E-state index is 0. The Labute approximate surface area is 177 Å². The van der Waals surface area contributed by atoms with Crippen LogP contribution in [-0.2, 0) is 13.0 Å². The number of hydrogen-bond acceptors (Lipinski definition) is 3. The standard InChI is InChI=1S/C21H24N4O.HI/c1-22-21(24-13-11-16-7-9-18(26-2)10-8-16)25-15-20-19-6-4-3-5-17(19)12-14-23-20;/h3-10,12,14H,11,13,15H2,1-2H3,(H2,22,24,25);1H. The number of hydrogen-bond donors (Lipinski definition) is 2. The molecule has 2 aromatic carbocycles. The second kappa shape index (κ2) is 10.7. The first-order valence-corrected chi connectivity index (χ1v) is 8.70. The minimum atomic E-state index is 0. The lowest BCUT2D eigenvalue weighted by Gasteiger charge is -2.13. The maximum atomic E-state index is 5.18. The maximum absolute atomic E-state index is 5.18. The number of benzene rings is 2. The predicted molar refractivity (Wildman–Crippen MR) is 122 cm³/mol. The second-order valence-electron chi connectivity index (χ2n) is 5.93. The van der Waals surface area contributed by atoms with E-state index in [1.54, 1.807) is 14.2 Å². The van der Waals surface area contributed by atoms with Gasteiger partial charge in [0.25, 0.3) is 0 Å². The van der Waals surface area contributed by atoms with Crippen LogP contribution in [-0.4, -0.2) is 31.6 Å². The van der Waals surface area contributed by atoms with Crippen molar-refractivity contribution in [2.75, 3.05) is 20.7 Å². The van der Waals surface area contributed by atoms with E-state index >= 15 is 0 Å². The van der Waals surface area contributed by atoms with Crippen LogP contribution in [0, 0.1) is 0 Å². The molecule has 0 radical (unpaired) electrons. The minimum Gasteiger partial charge on any atom is -0.497 e. The number of guanidine groups is 1. The van der Waals surface area contributed by atoms with Crippen molar-refractivity contribution >= 4 is 40.7 Å². The van der Waals surface area contributed by atoms with E-state index in [9.17, 15) is 0 Å². The van der Waals surface area contributed by atoms with Gasteiger partial charge < -0.3 is 15.4 Å². The van der Waals surface area contributed by atoms with Gasteiger partial charge in [-0.25, -0.2) is 0 Å². The fourth-order valence-corrected chi connectivity index (χ4v) is 2.83. The molecule has 0 fully saturated rings. The number of aromatic nitrogens is 1. The summed E-state index contributed by atoms with van der Waals surface area (Å²) in [6, 6.07) is 18.4. The van der Waals surface area contributed by atoms with Crippen molar-refractivity contribution in [3.05, 3.63) is 72.1 Å². The van der Waals surface area contributed by atoms with Gasteiger partial charge in [0, 0.05) is 25.2 Å². The number of rotatable bonds is 6. The van der Waals surface area contributed by atoms with Crippen molar-refractivity contribution in [3.63, 3.8) is 0 Å². The Morgan fingerprint density at radius 1 is 1.04 bits per heavy atom. The summed E-state index contributed by atoms with van der Waals surface area (Å²) in [5.41, 5.74) is 2.27. The highest BCUT2D eigenvalue weighted by atomic mass is 127. The number of aliphatic imine (C=N–C) groups is 1. The monoisotopic (exact) mass is 476 g/mol. The summed E-state index contributed by atoms with van der Waals surface area (Å²) in [4.78, 5) is 8.79. The van der Waals surface area contributed by atoms with Crippen molar-refractivity contribution in [2.45, 2.75) is 13.0 Å². The van der Waals surface area contributed by atoms with Gasteiger partial charge in [-0.15, -0.1) is 24.0 Å². The molecule has 142 valence electrons. The van der Waals surface area contributed by atoms with Gasteiger partial charge in [0.15, 0.2) is 5.96 Å². The van der Waals surface area contributed by atoms with Gasteiger partial charge in [0.1, 0.15) is 5.75 Å². The van der Waals surface area contributed by atoms with Gasteiger partial charge in [-0.3, -0.25) is 9.98 Å². The number of halogens is 1. The molecule has 0 aliphatic heterocycles. The topological polar surface area (TPSA) is 58.5 Å². The van der Waals surface area contributed by atoms with Crippen LogP contribution in [0.15, 0.2) is 65.8 Å². The van der Waals surface area contributed by atoms with Crippen LogP contribution >= 0.6 is 24.0 Å². The third-order valence-corrected chi connectivity index (χ3v) is 4.27. The molecule has 0 aliphatic carbocycles. The zero-order valence-corrected chi connectivity index (χ0v) is 17.9. The molecule has 3 rings (SSSR count). The summed E-state index contributed by atoms with van der Waals surface area (Å²) in [5.74, 6) is 1.65. The van der Waals surface area contributed by atoms with E-state index in [4.69, 9.17) is 4.74 Å². The molecule has 6 heteroatoms. The van der Waals surface area contributed by atoms with Crippen LogP contribution in [0.3, 0.4) is 0 Å². The Balaban J connectivity index is 0.00000261. The van der Waals surface area contributed by atoms with Gasteiger partial charge >= 0.3 is 0 Å². The van der Waals surface area contributed by atoms with E-state index in [2.05, 4.69) is 44.9 Å². The summed E-state index contributed by atoms with van der Waals surface area (Å²) in [6.07, 6.45) is 2.76. The quantitative estimate of drug-likeness (QED) is 0.323. The Morgan fingerprint density at radius 3 is 2.56 bits per heavy atom. The Bertz CT molecular complexity index is 875. The van der Waals surface area contributed by atoms with E-state index < -0.39 is 0 Å². The molecule has 1 aromatic heterocycles. The van der Waals surface area contributed by atoms with Gasteiger partial charge in [0.05, 0.1) is 19.3 Å². The zero-order chi connectivity index (χ0) is 18.2. The molecule has 0 saturated carbocycles. The molecule has 3 aromatic rings. The summed E-state index contributed by atoms with van der Waals surface area (Å²) in [7, 11) is 3.45. The number of ether oxygens (including phenoxy) is 1. The van der Waals surface area contributed by atoms with Crippen LogP contribution in [0.25, 0.3) is 10.8 Å². The highest BCUT2D eigenvalue weighted by Gasteiger charge is 2.04. The summed E-state index contributed by atoms with van der Waals surface area (Å²) in [5, 5.41) is 9.04. The number of nitrogens with zero attached hydrogens (tertiary/aromatic N) is 2. The summed E-state index contributed by atoms with van der Waals surface area (Å²) in [6.45, 7) is 1.43. The van der Waals surface area contributed by atoms with Crippen molar-refractivity contribution in [2.24, 2.45) is 4.99 Å². The number of pyridine rings is 1. The normalized spacial score (nSPS) is 11.0. The van der Waals surface area contributed by atoms with Crippen LogP contribution in [0.5, 0.6) is 5.75 Å². The average molecular weight is 476 g/mol. The first kappa shape index (κ1) is 21.0. The molecule has 0 saturated heterocycles. The molecule has 27 heavy (non-hydrogen) atoms. The maximum Gasteiger partial charge on any atom is 0.191 e. The van der Waals surface area contributed by atoms with Crippen molar-refractivity contribution in [3.8, 4) is 5.75 Å². The molecule has 1 heterocycles. The highest BCUT2D eigenvalue weighted by molar-refractivity contribution is 14.0. The molecule has 2 N–H and O–H groups in total. The second-order valence-corrected chi connectivity index (χ2v) is 5.93. The molecule has 0 amide bonds. The first-order chi connectivity index (χ1) is 12.8. The SMILES string of the molecule is CN=C(NCCc1ccc(OC)cc1)NCc1nccc2ccccc12.I. The van der Waals surface area contributed by atoms with Crippen LogP contribution in [0.2, 0.25) is 0 Å². The molecular weight excluding hydrogens is 451 g/mol. The largest absolute Gasteiger partial charge is 0.497 e. The predicted octanol–water partition coefficient (Wildman–Crippen LogP) is 3.77.